The number of ketones is 1. The first-order chi connectivity index (χ1) is 8.64. The van der Waals surface area contributed by atoms with Gasteiger partial charge in [-0.05, 0) is 23.3 Å². The van der Waals surface area contributed by atoms with Gasteiger partial charge in [0, 0.05) is 6.08 Å². The number of benzene rings is 1. The molecular weight excluding hydrogens is 237 g/mol. The topological polar surface area (TPSA) is 20.5 Å². The van der Waals surface area contributed by atoms with Gasteiger partial charge in [-0.15, -0.1) is 0 Å². The second-order valence-electron chi connectivity index (χ2n) is 3.99. The molecule has 2 nitrogen and oxygen atoms in total. The molecule has 1 aromatic carbocycles. The van der Waals surface area contributed by atoms with Crippen LogP contribution < -0.4 is 0 Å². The number of hydrogen-bond donors (Lipinski definition) is 0. The van der Waals surface area contributed by atoms with Crippen LogP contribution in [0.5, 0.6) is 0 Å². The van der Waals surface area contributed by atoms with Crippen molar-refractivity contribution >= 4 is 18.5 Å². The van der Waals surface area contributed by atoms with Gasteiger partial charge in [0.05, 0.1) is 0 Å². The maximum atomic E-state index is 12.9. The van der Waals surface area contributed by atoms with E-state index >= 15 is 0 Å². The highest BCUT2D eigenvalue weighted by molar-refractivity contribution is 6.52. The molecule has 0 radical (unpaired) electrons. The monoisotopic (exact) mass is 246 g/mol. The number of fused-ring (bicyclic) bond motifs is 1. The maximum Gasteiger partial charge on any atom is 0.995 e. The Balaban J connectivity index is 1.97. The van der Waals surface area contributed by atoms with Gasteiger partial charge in [-0.2, -0.15) is 0 Å². The van der Waals surface area contributed by atoms with Gasteiger partial charge in [-0.25, -0.2) is 0 Å². The summed E-state index contributed by atoms with van der Waals surface area (Å²) < 4.78 is 34.7. The Morgan fingerprint density at radius 2 is 1.78 bits per heavy atom. The molecule has 5 heteroatoms. The van der Waals surface area contributed by atoms with Crippen LogP contribution in [0, 0.1) is 0 Å². The van der Waals surface area contributed by atoms with Gasteiger partial charge in [0.2, 0.25) is 0 Å². The predicted octanol–water partition coefficient (Wildman–Crippen LogP) is 3.03. The minimum Gasteiger partial charge on any atom is -0.563 e. The molecule has 0 aromatic heterocycles. The lowest BCUT2D eigenvalue weighted by molar-refractivity contribution is -0.346. The highest BCUT2D eigenvalue weighted by Gasteiger charge is 2.56. The van der Waals surface area contributed by atoms with E-state index in [1.807, 2.05) is 30.3 Å². The maximum absolute atomic E-state index is 12.9. The Bertz CT molecular complexity index is 601. The van der Waals surface area contributed by atoms with E-state index in [1.165, 1.54) is 12.2 Å². The zero-order valence-electron chi connectivity index (χ0n) is 9.35. The van der Waals surface area contributed by atoms with Gasteiger partial charge in [0.15, 0.2) is 5.76 Å². The van der Waals surface area contributed by atoms with Crippen molar-refractivity contribution in [3.8, 4) is 0 Å². The Kier molecular flexibility index (Phi) is 2.40. The lowest BCUT2D eigenvalue weighted by Crippen LogP contribution is -2.22. The standard InChI is InChI=1S/C13H9BF2O2/c15-14(16)17-12-8-6-11(7-9-13(12)18-14)10-4-2-1-3-5-10/h1-9H. The van der Waals surface area contributed by atoms with Crippen LogP contribution in [0.2, 0.25) is 0 Å². The van der Waals surface area contributed by atoms with Crippen LogP contribution in [0.3, 0.4) is 0 Å². The first-order valence-corrected chi connectivity index (χ1v) is 5.55. The zero-order valence-corrected chi connectivity index (χ0v) is 9.35. The van der Waals surface area contributed by atoms with E-state index in [9.17, 15) is 8.63 Å². The van der Waals surface area contributed by atoms with Crippen molar-refractivity contribution in [1.29, 1.82) is 0 Å². The molecular formula is C13H9BF2O2. The van der Waals surface area contributed by atoms with Crippen LogP contribution in [0.25, 0.3) is 5.57 Å². The van der Waals surface area contributed by atoms with Gasteiger partial charge in [-0.1, -0.05) is 36.4 Å². The summed E-state index contributed by atoms with van der Waals surface area (Å²) in [6.45, 7) is 0. The summed E-state index contributed by atoms with van der Waals surface area (Å²) in [4.78, 5) is 0. The summed E-state index contributed by atoms with van der Waals surface area (Å²) in [7, 11) is -4.20. The molecule has 0 N–H and O–H groups in total. The quantitative estimate of drug-likeness (QED) is 0.551. The number of carbonyl (C=O) groups excluding carboxylic acids is 1. The molecule has 90 valence electrons. The largest absolute Gasteiger partial charge is 0.995 e. The molecule has 0 amide bonds. The van der Waals surface area contributed by atoms with Gasteiger partial charge in [0.1, 0.15) is 0 Å². The van der Waals surface area contributed by atoms with Crippen LogP contribution in [-0.2, 0) is 9.00 Å². The van der Waals surface area contributed by atoms with E-state index in [2.05, 4.69) is 9.00 Å². The summed E-state index contributed by atoms with van der Waals surface area (Å²) in [5, 5.41) is 0. The van der Waals surface area contributed by atoms with Crippen LogP contribution in [0.4, 0.5) is 8.63 Å². The second-order valence-corrected chi connectivity index (χ2v) is 3.99. The van der Waals surface area contributed by atoms with E-state index in [4.69, 9.17) is 0 Å². The number of halogens is 2. The Morgan fingerprint density at radius 3 is 2.56 bits per heavy atom. The van der Waals surface area contributed by atoms with Crippen molar-refractivity contribution in [2.75, 3.05) is 0 Å². The molecule has 1 heterocycles. The predicted molar refractivity (Wildman–Crippen MR) is 65.7 cm³/mol. The molecule has 0 unspecified atom stereocenters. The summed E-state index contributed by atoms with van der Waals surface area (Å²) in [5.41, 5.74) is 1.91. The molecule has 0 saturated carbocycles. The number of hydrogen-bond acceptors (Lipinski definition) is 1. The van der Waals surface area contributed by atoms with Crippen LogP contribution in [0.15, 0.2) is 60.4 Å². The van der Waals surface area contributed by atoms with Gasteiger partial charge in [0.25, 0.3) is 0 Å². The Hall–Kier alpha value is -2.17. The van der Waals surface area contributed by atoms with Crippen LogP contribution >= 0.6 is 0 Å². The smallest absolute Gasteiger partial charge is 0.563 e. The third-order valence-corrected chi connectivity index (χ3v) is 2.71. The highest BCUT2D eigenvalue weighted by Crippen LogP contribution is 2.26. The molecule has 18 heavy (non-hydrogen) atoms. The summed E-state index contributed by atoms with van der Waals surface area (Å²) in [6, 6.07) is 9.64. The summed E-state index contributed by atoms with van der Waals surface area (Å²) in [6.07, 6.45) is 6.46. The molecule has 2 aliphatic rings. The fraction of sp³-hybridized carbons (Fsp3) is 0. The molecule has 1 aromatic rings. The van der Waals surface area contributed by atoms with Crippen molar-refractivity contribution in [2.45, 2.75) is 0 Å². The summed E-state index contributed by atoms with van der Waals surface area (Å²) in [5.74, 6) is 0.143. The lowest BCUT2D eigenvalue weighted by Gasteiger charge is -2.02. The Labute approximate surface area is 103 Å². The van der Waals surface area contributed by atoms with Crippen molar-refractivity contribution in [3.05, 3.63) is 66.0 Å². The zero-order chi connectivity index (χ0) is 12.6. The molecule has 0 spiro atoms. The minimum absolute atomic E-state index is 0.0715. The van der Waals surface area contributed by atoms with Gasteiger partial charge < -0.3 is 17.6 Å². The van der Waals surface area contributed by atoms with Crippen LogP contribution in [-0.4, -0.2) is 12.9 Å². The molecule has 1 aliphatic heterocycles. The third-order valence-electron chi connectivity index (χ3n) is 2.71. The molecule has 0 fully saturated rings. The van der Waals surface area contributed by atoms with E-state index < -0.39 is 7.11 Å². The van der Waals surface area contributed by atoms with E-state index in [0.717, 1.165) is 11.1 Å². The summed E-state index contributed by atoms with van der Waals surface area (Å²) >= 11 is 0. The normalized spacial score (nSPS) is 20.2. The number of rotatable bonds is 1. The second kappa shape index (κ2) is 3.94. The molecule has 0 bridgehead atoms. The lowest BCUT2D eigenvalue weighted by atomic mass is 10.1. The van der Waals surface area contributed by atoms with Gasteiger partial charge >= 0.3 is 12.9 Å². The van der Waals surface area contributed by atoms with E-state index in [1.54, 1.807) is 12.2 Å². The van der Waals surface area contributed by atoms with Gasteiger partial charge in [-0.3, -0.25) is 0 Å². The van der Waals surface area contributed by atoms with Crippen molar-refractivity contribution in [2.24, 2.45) is 0 Å². The van der Waals surface area contributed by atoms with Crippen molar-refractivity contribution < 1.29 is 17.6 Å². The molecule has 0 saturated heterocycles. The van der Waals surface area contributed by atoms with Crippen LogP contribution in [0.1, 0.15) is 5.56 Å². The molecule has 3 rings (SSSR count). The van der Waals surface area contributed by atoms with Crippen molar-refractivity contribution in [1.82, 2.24) is 0 Å². The average Bonchev–Trinajstić information content (AvgIpc) is 2.53. The fourth-order valence-electron chi connectivity index (χ4n) is 1.89. The minimum atomic E-state index is -4.20. The first-order valence-electron chi connectivity index (χ1n) is 5.55. The van der Waals surface area contributed by atoms with E-state index in [0.29, 0.717) is 0 Å². The molecule has 0 atom stereocenters. The number of allylic oxidation sites excluding steroid dienone is 5. The first kappa shape index (κ1) is 11.0. The SMILES string of the molecule is F[B-]1(F)OC2=CC=C(c3ccccc3)C=CC2=[O+]1. The Morgan fingerprint density at radius 1 is 1.00 bits per heavy atom. The van der Waals surface area contributed by atoms with E-state index in [-0.39, 0.29) is 11.5 Å². The molecule has 1 aliphatic carbocycles. The highest BCUT2D eigenvalue weighted by atomic mass is 19.3. The third kappa shape index (κ3) is 1.99. The average molecular weight is 246 g/mol. The fourth-order valence-corrected chi connectivity index (χ4v) is 1.89. The van der Waals surface area contributed by atoms with Crippen molar-refractivity contribution in [3.63, 3.8) is 0 Å².